The molecule has 0 unspecified atom stereocenters. The van der Waals surface area contributed by atoms with Crippen molar-refractivity contribution in [2.24, 2.45) is 0 Å². The molecule has 0 saturated heterocycles. The molecule has 0 amide bonds. The van der Waals surface area contributed by atoms with Crippen LogP contribution in [0.5, 0.6) is 0 Å². The van der Waals surface area contributed by atoms with Crippen LogP contribution < -0.4 is 4.90 Å². The van der Waals surface area contributed by atoms with Crippen molar-refractivity contribution >= 4 is 5.82 Å². The van der Waals surface area contributed by atoms with Crippen LogP contribution in [-0.4, -0.2) is 28.7 Å². The van der Waals surface area contributed by atoms with Gasteiger partial charge in [0, 0.05) is 31.3 Å². The third-order valence-electron chi connectivity index (χ3n) is 2.90. The van der Waals surface area contributed by atoms with Gasteiger partial charge in [0.25, 0.3) is 5.89 Å². The van der Waals surface area contributed by atoms with E-state index >= 15 is 0 Å². The van der Waals surface area contributed by atoms with E-state index in [1.165, 1.54) is 0 Å². The second-order valence-corrected chi connectivity index (χ2v) is 4.84. The van der Waals surface area contributed by atoms with Gasteiger partial charge in [0.1, 0.15) is 5.82 Å². The summed E-state index contributed by atoms with van der Waals surface area (Å²) in [5.74, 6) is 2.19. The molecule has 0 aliphatic heterocycles. The van der Waals surface area contributed by atoms with Gasteiger partial charge in [-0.1, -0.05) is 19.0 Å². The minimum absolute atomic E-state index is 0.229. The van der Waals surface area contributed by atoms with Crippen LogP contribution >= 0.6 is 0 Å². The van der Waals surface area contributed by atoms with Crippen LogP contribution in [0.2, 0.25) is 0 Å². The van der Waals surface area contributed by atoms with Crippen LogP contribution in [0.4, 0.5) is 5.82 Å². The zero-order valence-electron chi connectivity index (χ0n) is 11.9. The van der Waals surface area contributed by atoms with Crippen LogP contribution in [0.15, 0.2) is 22.9 Å². The second kappa shape index (κ2) is 6.15. The van der Waals surface area contributed by atoms with E-state index in [2.05, 4.69) is 21.2 Å². The number of aromatic nitrogens is 3. The fraction of sp³-hybridized carbons (Fsp3) is 0.429. The highest BCUT2D eigenvalue weighted by atomic mass is 16.5. The lowest BCUT2D eigenvalue weighted by molar-refractivity contribution is 0.419. The summed E-state index contributed by atoms with van der Waals surface area (Å²) in [6.45, 7) is 4.67. The first-order valence-electron chi connectivity index (χ1n) is 6.50. The monoisotopic (exact) mass is 271 g/mol. The molecule has 0 aromatic carbocycles. The fourth-order valence-corrected chi connectivity index (χ4v) is 1.68. The average molecular weight is 271 g/mol. The smallest absolute Gasteiger partial charge is 0.258 e. The van der Waals surface area contributed by atoms with Crippen LogP contribution in [0.1, 0.15) is 32.0 Å². The molecule has 0 spiro atoms. The van der Waals surface area contributed by atoms with Crippen molar-refractivity contribution in [2.45, 2.75) is 26.2 Å². The largest absolute Gasteiger partial charge is 0.359 e. The first-order valence-corrected chi connectivity index (χ1v) is 6.50. The van der Waals surface area contributed by atoms with E-state index in [1.807, 2.05) is 37.9 Å². The summed E-state index contributed by atoms with van der Waals surface area (Å²) in [4.78, 5) is 10.6. The van der Waals surface area contributed by atoms with Crippen LogP contribution in [0.3, 0.4) is 0 Å². The van der Waals surface area contributed by atoms with Crippen molar-refractivity contribution in [3.8, 4) is 17.5 Å². The number of hydrogen-bond donors (Lipinski definition) is 0. The molecule has 2 heterocycles. The molecular weight excluding hydrogens is 254 g/mol. The molecule has 0 bridgehead atoms. The van der Waals surface area contributed by atoms with Gasteiger partial charge < -0.3 is 9.42 Å². The van der Waals surface area contributed by atoms with Gasteiger partial charge >= 0.3 is 0 Å². The van der Waals surface area contributed by atoms with E-state index in [9.17, 15) is 0 Å². The quantitative estimate of drug-likeness (QED) is 0.831. The minimum Gasteiger partial charge on any atom is -0.359 e. The molecule has 2 rings (SSSR count). The van der Waals surface area contributed by atoms with E-state index in [0.717, 1.165) is 11.4 Å². The molecule has 0 radical (unpaired) electrons. The molecule has 6 heteroatoms. The molecule has 20 heavy (non-hydrogen) atoms. The Morgan fingerprint density at radius 2 is 2.25 bits per heavy atom. The number of rotatable bonds is 5. The molecule has 6 nitrogen and oxygen atoms in total. The summed E-state index contributed by atoms with van der Waals surface area (Å²) < 4.78 is 5.27. The fourth-order valence-electron chi connectivity index (χ4n) is 1.68. The predicted molar refractivity (Wildman–Crippen MR) is 75.1 cm³/mol. The van der Waals surface area contributed by atoms with Gasteiger partial charge in [-0.05, 0) is 12.1 Å². The van der Waals surface area contributed by atoms with Gasteiger partial charge in [0.2, 0.25) is 0 Å². The maximum absolute atomic E-state index is 8.62. The summed E-state index contributed by atoms with van der Waals surface area (Å²) in [6.07, 6.45) is 2.16. The Balaban J connectivity index is 2.22. The van der Waals surface area contributed by atoms with Crippen LogP contribution in [0.25, 0.3) is 11.5 Å². The average Bonchev–Trinajstić information content (AvgIpc) is 2.95. The summed E-state index contributed by atoms with van der Waals surface area (Å²) >= 11 is 0. The zero-order chi connectivity index (χ0) is 14.5. The summed E-state index contributed by atoms with van der Waals surface area (Å²) in [6, 6.07) is 5.84. The number of hydrogen-bond acceptors (Lipinski definition) is 6. The van der Waals surface area contributed by atoms with Gasteiger partial charge in [-0.25, -0.2) is 4.98 Å². The normalized spacial score (nSPS) is 10.6. The number of nitriles is 1. The van der Waals surface area contributed by atoms with Crippen molar-refractivity contribution in [2.75, 3.05) is 18.5 Å². The molecule has 0 saturated carbocycles. The number of pyridine rings is 1. The Kier molecular flexibility index (Phi) is 4.31. The zero-order valence-corrected chi connectivity index (χ0v) is 11.9. The number of nitrogens with zero attached hydrogens (tertiary/aromatic N) is 5. The standard InChI is InChI=1S/C14H17N5O/c1-10(2)13-17-14(20-18-13)11-5-7-16-12(9-11)19(3)8-4-6-15/h5,7,9-10H,4,8H2,1-3H3. The molecule has 0 atom stereocenters. The van der Waals surface area contributed by atoms with Gasteiger partial charge in [0.15, 0.2) is 5.82 Å². The van der Waals surface area contributed by atoms with E-state index < -0.39 is 0 Å². The van der Waals surface area contributed by atoms with E-state index in [-0.39, 0.29) is 5.92 Å². The first kappa shape index (κ1) is 14.0. The van der Waals surface area contributed by atoms with Crippen molar-refractivity contribution < 1.29 is 4.52 Å². The van der Waals surface area contributed by atoms with E-state index in [1.54, 1.807) is 6.20 Å². The van der Waals surface area contributed by atoms with Gasteiger partial charge in [0.05, 0.1) is 12.5 Å². The summed E-state index contributed by atoms with van der Waals surface area (Å²) in [7, 11) is 1.90. The predicted octanol–water partition coefficient (Wildman–Crippen LogP) is 2.60. The molecule has 0 aliphatic rings. The minimum atomic E-state index is 0.229. The Hall–Kier alpha value is -2.42. The third-order valence-corrected chi connectivity index (χ3v) is 2.90. The molecule has 0 N–H and O–H groups in total. The van der Waals surface area contributed by atoms with Crippen LogP contribution in [-0.2, 0) is 0 Å². The van der Waals surface area contributed by atoms with Crippen molar-refractivity contribution in [1.82, 2.24) is 15.1 Å². The topological polar surface area (TPSA) is 78.8 Å². The Morgan fingerprint density at radius 1 is 1.45 bits per heavy atom. The second-order valence-electron chi connectivity index (χ2n) is 4.84. The highest BCUT2D eigenvalue weighted by Gasteiger charge is 2.13. The van der Waals surface area contributed by atoms with Crippen molar-refractivity contribution in [3.63, 3.8) is 0 Å². The maximum Gasteiger partial charge on any atom is 0.258 e. The summed E-state index contributed by atoms with van der Waals surface area (Å²) in [5.41, 5.74) is 0.832. The Morgan fingerprint density at radius 3 is 2.90 bits per heavy atom. The lowest BCUT2D eigenvalue weighted by atomic mass is 10.2. The third kappa shape index (κ3) is 3.12. The Bertz CT molecular complexity index is 614. The lowest BCUT2D eigenvalue weighted by Gasteiger charge is -2.16. The molecule has 0 fully saturated rings. The summed E-state index contributed by atoms with van der Waals surface area (Å²) in [5, 5.41) is 12.6. The molecule has 0 aliphatic carbocycles. The highest BCUT2D eigenvalue weighted by Crippen LogP contribution is 2.22. The SMILES string of the molecule is CC(C)c1noc(-c2ccnc(N(C)CCC#N)c2)n1. The van der Waals surface area contributed by atoms with Crippen LogP contribution in [0, 0.1) is 11.3 Å². The van der Waals surface area contributed by atoms with E-state index in [0.29, 0.717) is 24.7 Å². The van der Waals surface area contributed by atoms with Crippen molar-refractivity contribution in [3.05, 3.63) is 24.2 Å². The molecule has 2 aromatic rings. The highest BCUT2D eigenvalue weighted by molar-refractivity contribution is 5.58. The Labute approximate surface area is 118 Å². The molecule has 2 aromatic heterocycles. The maximum atomic E-state index is 8.62. The van der Waals surface area contributed by atoms with Crippen molar-refractivity contribution in [1.29, 1.82) is 5.26 Å². The molecule has 104 valence electrons. The number of anilines is 1. The van der Waals surface area contributed by atoms with E-state index in [4.69, 9.17) is 9.78 Å². The van der Waals surface area contributed by atoms with Gasteiger partial charge in [-0.2, -0.15) is 10.2 Å². The first-order chi connectivity index (χ1) is 9.61. The lowest BCUT2D eigenvalue weighted by Crippen LogP contribution is -2.19. The van der Waals surface area contributed by atoms with Gasteiger partial charge in [-0.15, -0.1) is 0 Å². The molecular formula is C14H17N5O. The van der Waals surface area contributed by atoms with Gasteiger partial charge in [-0.3, -0.25) is 0 Å².